The van der Waals surface area contributed by atoms with Crippen LogP contribution in [0.15, 0.2) is 24.3 Å². The molecule has 0 aliphatic rings. The Morgan fingerprint density at radius 2 is 2.20 bits per heavy atom. The summed E-state index contributed by atoms with van der Waals surface area (Å²) in [6.07, 6.45) is 3.49. The molecule has 3 nitrogen and oxygen atoms in total. The standard InChI is InChI=1S/C16H22FNO2/c1-4-12(2)10-18(3)11-14-7-5-13(9-15(14)17)6-8-16(19)20/h5-9,12H,4,10-11H2,1-3H3,(H,19,20). The summed E-state index contributed by atoms with van der Waals surface area (Å²) in [7, 11) is 1.98. The summed E-state index contributed by atoms with van der Waals surface area (Å²) >= 11 is 0. The fraction of sp³-hybridized carbons (Fsp3) is 0.438. The van der Waals surface area contributed by atoms with Crippen molar-refractivity contribution in [1.29, 1.82) is 0 Å². The summed E-state index contributed by atoms with van der Waals surface area (Å²) in [5.74, 6) is -0.753. The van der Waals surface area contributed by atoms with Gasteiger partial charge in [-0.2, -0.15) is 0 Å². The van der Waals surface area contributed by atoms with Crippen molar-refractivity contribution in [1.82, 2.24) is 4.90 Å². The molecule has 0 aromatic heterocycles. The van der Waals surface area contributed by atoms with Crippen LogP contribution in [-0.4, -0.2) is 29.6 Å². The lowest BCUT2D eigenvalue weighted by atomic mass is 10.1. The second-order valence-electron chi connectivity index (χ2n) is 5.23. The number of rotatable bonds is 7. The average molecular weight is 279 g/mol. The number of aliphatic carboxylic acids is 1. The zero-order valence-corrected chi connectivity index (χ0v) is 12.3. The van der Waals surface area contributed by atoms with Crippen LogP contribution in [0.5, 0.6) is 0 Å². The number of halogens is 1. The van der Waals surface area contributed by atoms with Gasteiger partial charge in [-0.05, 0) is 30.7 Å². The van der Waals surface area contributed by atoms with Crippen molar-refractivity contribution >= 4 is 12.0 Å². The van der Waals surface area contributed by atoms with Gasteiger partial charge in [-0.1, -0.05) is 32.4 Å². The molecule has 0 spiro atoms. The Balaban J connectivity index is 2.70. The van der Waals surface area contributed by atoms with Crippen LogP contribution in [0.4, 0.5) is 4.39 Å². The van der Waals surface area contributed by atoms with E-state index in [1.54, 1.807) is 12.1 Å². The Hall–Kier alpha value is -1.68. The molecule has 1 N–H and O–H groups in total. The Kier molecular flexibility index (Phi) is 6.39. The molecule has 1 aromatic carbocycles. The first-order valence-corrected chi connectivity index (χ1v) is 6.80. The summed E-state index contributed by atoms with van der Waals surface area (Å²) < 4.78 is 13.9. The van der Waals surface area contributed by atoms with E-state index < -0.39 is 5.97 Å². The number of nitrogens with zero attached hydrogens (tertiary/aromatic N) is 1. The highest BCUT2D eigenvalue weighted by atomic mass is 19.1. The molecule has 0 bridgehead atoms. The molecular weight excluding hydrogens is 257 g/mol. The Bertz CT molecular complexity index is 485. The van der Waals surface area contributed by atoms with Crippen LogP contribution >= 0.6 is 0 Å². The normalized spacial score (nSPS) is 13.1. The van der Waals surface area contributed by atoms with E-state index in [-0.39, 0.29) is 5.82 Å². The van der Waals surface area contributed by atoms with E-state index >= 15 is 0 Å². The Labute approximate surface area is 119 Å². The highest BCUT2D eigenvalue weighted by molar-refractivity contribution is 5.85. The van der Waals surface area contributed by atoms with Crippen molar-refractivity contribution < 1.29 is 14.3 Å². The molecule has 0 amide bonds. The minimum Gasteiger partial charge on any atom is -0.478 e. The van der Waals surface area contributed by atoms with Crippen LogP contribution in [0, 0.1) is 11.7 Å². The molecule has 0 saturated carbocycles. The van der Waals surface area contributed by atoms with Crippen molar-refractivity contribution in [3.05, 3.63) is 41.2 Å². The summed E-state index contributed by atoms with van der Waals surface area (Å²) in [6.45, 7) is 5.80. The average Bonchev–Trinajstić information content (AvgIpc) is 2.38. The van der Waals surface area contributed by atoms with Crippen LogP contribution in [0.25, 0.3) is 6.08 Å². The molecule has 1 aromatic rings. The van der Waals surface area contributed by atoms with E-state index in [2.05, 4.69) is 18.7 Å². The van der Waals surface area contributed by atoms with Crippen LogP contribution < -0.4 is 0 Å². The maximum Gasteiger partial charge on any atom is 0.328 e. The third-order valence-electron chi connectivity index (χ3n) is 3.26. The highest BCUT2D eigenvalue weighted by Crippen LogP contribution is 2.14. The summed E-state index contributed by atoms with van der Waals surface area (Å²) in [4.78, 5) is 12.5. The minimum absolute atomic E-state index is 0.298. The quantitative estimate of drug-likeness (QED) is 0.778. The van der Waals surface area contributed by atoms with Crippen molar-refractivity contribution in [3.63, 3.8) is 0 Å². The third-order valence-corrected chi connectivity index (χ3v) is 3.26. The molecule has 1 atom stereocenters. The van der Waals surface area contributed by atoms with E-state index in [1.165, 1.54) is 12.1 Å². The van der Waals surface area contributed by atoms with Crippen molar-refractivity contribution in [2.24, 2.45) is 5.92 Å². The van der Waals surface area contributed by atoms with Crippen molar-refractivity contribution in [2.75, 3.05) is 13.6 Å². The molecule has 0 heterocycles. The highest BCUT2D eigenvalue weighted by Gasteiger charge is 2.08. The van der Waals surface area contributed by atoms with Gasteiger partial charge in [-0.25, -0.2) is 9.18 Å². The molecule has 4 heteroatoms. The topological polar surface area (TPSA) is 40.5 Å². The molecule has 0 aliphatic carbocycles. The summed E-state index contributed by atoms with van der Waals surface area (Å²) in [5.41, 5.74) is 1.18. The van der Waals surface area contributed by atoms with Gasteiger partial charge < -0.3 is 10.0 Å². The lowest BCUT2D eigenvalue weighted by Gasteiger charge is -2.20. The minimum atomic E-state index is -1.04. The summed E-state index contributed by atoms with van der Waals surface area (Å²) in [6, 6.07) is 4.81. The number of carbonyl (C=O) groups is 1. The first-order valence-electron chi connectivity index (χ1n) is 6.80. The lowest BCUT2D eigenvalue weighted by molar-refractivity contribution is -0.131. The predicted molar refractivity (Wildman–Crippen MR) is 78.9 cm³/mol. The fourth-order valence-corrected chi connectivity index (χ4v) is 1.98. The van der Waals surface area contributed by atoms with Gasteiger partial charge >= 0.3 is 5.97 Å². The Morgan fingerprint density at radius 1 is 1.50 bits per heavy atom. The number of carboxylic acids is 1. The molecule has 0 saturated heterocycles. The molecule has 0 fully saturated rings. The molecule has 0 aliphatic heterocycles. The largest absolute Gasteiger partial charge is 0.478 e. The smallest absolute Gasteiger partial charge is 0.328 e. The first kappa shape index (κ1) is 16.4. The second kappa shape index (κ2) is 7.80. The van der Waals surface area contributed by atoms with Gasteiger partial charge in [0.2, 0.25) is 0 Å². The fourth-order valence-electron chi connectivity index (χ4n) is 1.98. The second-order valence-corrected chi connectivity index (χ2v) is 5.23. The van der Waals surface area contributed by atoms with Gasteiger partial charge in [-0.3, -0.25) is 0 Å². The van der Waals surface area contributed by atoms with Gasteiger partial charge in [-0.15, -0.1) is 0 Å². The van der Waals surface area contributed by atoms with E-state index in [4.69, 9.17) is 5.11 Å². The molecule has 0 radical (unpaired) electrons. The summed E-state index contributed by atoms with van der Waals surface area (Å²) in [5, 5.41) is 8.54. The number of carboxylic acid groups (broad SMARTS) is 1. The Morgan fingerprint density at radius 3 is 2.75 bits per heavy atom. The molecule has 1 rings (SSSR count). The van der Waals surface area contributed by atoms with Crippen LogP contribution in [0.2, 0.25) is 0 Å². The zero-order valence-electron chi connectivity index (χ0n) is 12.3. The predicted octanol–water partition coefficient (Wildman–Crippen LogP) is 3.40. The van der Waals surface area contributed by atoms with Crippen molar-refractivity contribution in [3.8, 4) is 0 Å². The van der Waals surface area contributed by atoms with Gasteiger partial charge in [0.05, 0.1) is 0 Å². The maximum atomic E-state index is 13.9. The number of hydrogen-bond donors (Lipinski definition) is 1. The van der Waals surface area contributed by atoms with E-state index in [0.29, 0.717) is 23.6 Å². The molecule has 110 valence electrons. The molecule has 20 heavy (non-hydrogen) atoms. The van der Waals surface area contributed by atoms with Crippen LogP contribution in [-0.2, 0) is 11.3 Å². The SMILES string of the molecule is CCC(C)CN(C)Cc1ccc(C=CC(=O)O)cc1F. The monoisotopic (exact) mass is 279 g/mol. The number of benzene rings is 1. The molecule has 1 unspecified atom stereocenters. The van der Waals surface area contributed by atoms with Gasteiger partial charge in [0.15, 0.2) is 0 Å². The van der Waals surface area contributed by atoms with E-state index in [9.17, 15) is 9.18 Å². The molecular formula is C16H22FNO2. The van der Waals surface area contributed by atoms with Crippen LogP contribution in [0.1, 0.15) is 31.4 Å². The zero-order chi connectivity index (χ0) is 15.1. The van der Waals surface area contributed by atoms with E-state index in [1.807, 2.05) is 7.05 Å². The lowest BCUT2D eigenvalue weighted by Crippen LogP contribution is -2.24. The van der Waals surface area contributed by atoms with Gasteiger partial charge in [0.25, 0.3) is 0 Å². The third kappa shape index (κ3) is 5.53. The maximum absolute atomic E-state index is 13.9. The number of hydrogen-bond acceptors (Lipinski definition) is 2. The van der Waals surface area contributed by atoms with Crippen molar-refractivity contribution in [2.45, 2.75) is 26.8 Å². The van der Waals surface area contributed by atoms with Gasteiger partial charge in [0, 0.05) is 24.7 Å². The first-order chi connectivity index (χ1) is 9.42. The van der Waals surface area contributed by atoms with Crippen LogP contribution in [0.3, 0.4) is 0 Å². The van der Waals surface area contributed by atoms with Gasteiger partial charge in [0.1, 0.15) is 5.82 Å². The van der Waals surface area contributed by atoms with E-state index in [0.717, 1.165) is 19.0 Å².